The number of fused-ring (bicyclic) bond motifs is 3. The number of ether oxygens (including phenoxy) is 1. The number of nitrogens with one attached hydrogen (secondary N) is 1. The number of halogens is 1. The van der Waals surface area contributed by atoms with E-state index < -0.39 is 5.60 Å². The molecule has 1 N–H and O–H groups in total. The molecule has 0 aromatic heterocycles. The molecule has 0 bridgehead atoms. The largest absolute Gasteiger partial charge is 0.377 e. The van der Waals surface area contributed by atoms with Crippen LogP contribution in [0.3, 0.4) is 0 Å². The van der Waals surface area contributed by atoms with Crippen molar-refractivity contribution in [3.8, 4) is 0 Å². The number of hydrogen-bond donors (Lipinski definition) is 1. The summed E-state index contributed by atoms with van der Waals surface area (Å²) in [5, 5.41) is 6.33. The molecule has 0 aliphatic carbocycles. The number of rotatable bonds is 4. The third kappa shape index (κ3) is 2.64. The summed E-state index contributed by atoms with van der Waals surface area (Å²) in [4.78, 5) is 18.6. The van der Waals surface area contributed by atoms with Gasteiger partial charge in [0.15, 0.2) is 0 Å². The van der Waals surface area contributed by atoms with Crippen LogP contribution in [0.1, 0.15) is 23.1 Å². The summed E-state index contributed by atoms with van der Waals surface area (Å²) in [6.07, 6.45) is 1.54. The van der Waals surface area contributed by atoms with E-state index in [4.69, 9.17) is 4.74 Å². The Morgan fingerprint density at radius 2 is 1.69 bits per heavy atom. The molecule has 0 saturated carbocycles. The van der Waals surface area contributed by atoms with Gasteiger partial charge in [-0.3, -0.25) is 9.69 Å². The number of carbonyl (C=O) groups excluding carboxylic acids is 1. The van der Waals surface area contributed by atoms with Crippen molar-refractivity contribution in [2.24, 2.45) is 0 Å². The van der Waals surface area contributed by atoms with Gasteiger partial charge in [0.25, 0.3) is 0 Å². The second-order valence-corrected chi connectivity index (χ2v) is 11.9. The highest BCUT2D eigenvalue weighted by molar-refractivity contribution is 5.86. The molecule has 1 spiro atoms. The topological polar surface area (TPSA) is 44.8 Å². The number of benzene rings is 4. The lowest BCUT2D eigenvalue weighted by molar-refractivity contribution is -0.279. The highest BCUT2D eigenvalue weighted by Gasteiger charge is 2.86. The maximum atomic E-state index is 14.0. The van der Waals surface area contributed by atoms with Crippen LogP contribution in [0.15, 0.2) is 91.0 Å². The average Bonchev–Trinajstić information content (AvgIpc) is 3.48. The molecule has 4 fully saturated rings. The van der Waals surface area contributed by atoms with Crippen molar-refractivity contribution in [3.05, 3.63) is 114 Å². The maximum absolute atomic E-state index is 14.0. The molecule has 6 heteroatoms. The highest BCUT2D eigenvalue weighted by Crippen LogP contribution is 2.71. The van der Waals surface area contributed by atoms with Gasteiger partial charge in [0.2, 0.25) is 5.91 Å². The zero-order valence-corrected chi connectivity index (χ0v) is 21.4. The minimum atomic E-state index is -0.495. The molecule has 5 heterocycles. The predicted octanol–water partition coefficient (Wildman–Crippen LogP) is 4.85. The van der Waals surface area contributed by atoms with Crippen molar-refractivity contribution in [2.75, 3.05) is 11.9 Å². The minimum absolute atomic E-state index is 0.0100. The Balaban J connectivity index is 1.16. The van der Waals surface area contributed by atoms with Gasteiger partial charge in [-0.15, -0.1) is 0 Å². The van der Waals surface area contributed by atoms with Crippen LogP contribution >= 0.6 is 0 Å². The van der Waals surface area contributed by atoms with Gasteiger partial charge in [-0.1, -0.05) is 72.8 Å². The van der Waals surface area contributed by atoms with E-state index in [0.29, 0.717) is 19.5 Å². The molecule has 194 valence electrons. The normalized spacial score (nSPS) is 33.5. The molecule has 4 aromatic carbocycles. The van der Waals surface area contributed by atoms with E-state index in [0.717, 1.165) is 17.7 Å². The molecule has 5 nitrogen and oxygen atoms in total. The minimum Gasteiger partial charge on any atom is -0.377 e. The molecule has 4 unspecified atom stereocenters. The zero-order chi connectivity index (χ0) is 25.9. The first-order valence-electron chi connectivity index (χ1n) is 13.9. The van der Waals surface area contributed by atoms with Crippen molar-refractivity contribution >= 4 is 22.4 Å². The van der Waals surface area contributed by atoms with E-state index in [1.165, 1.54) is 34.0 Å². The fraction of sp³-hybridized carbons (Fsp3) is 0.303. The average molecular weight is 518 g/mol. The van der Waals surface area contributed by atoms with Crippen molar-refractivity contribution in [1.29, 1.82) is 0 Å². The molecule has 9 rings (SSSR count). The highest BCUT2D eigenvalue weighted by atomic mass is 19.1. The summed E-state index contributed by atoms with van der Waals surface area (Å²) in [6.45, 7) is 1.12. The van der Waals surface area contributed by atoms with Crippen LogP contribution in [0.4, 0.5) is 10.1 Å². The van der Waals surface area contributed by atoms with Crippen LogP contribution in [0, 0.1) is 5.82 Å². The molecular weight excluding hydrogens is 489 g/mol. The van der Waals surface area contributed by atoms with Crippen molar-refractivity contribution in [2.45, 2.75) is 54.8 Å². The van der Waals surface area contributed by atoms with Crippen LogP contribution < -0.4 is 5.32 Å². The van der Waals surface area contributed by atoms with Crippen molar-refractivity contribution in [3.63, 3.8) is 0 Å². The number of para-hydroxylation sites is 1. The third-order valence-corrected chi connectivity index (χ3v) is 10.1. The standard InChI is InChI=1S/C33H28FN3O2/c34-24-13-10-20(11-14-24)18-36-19-28-30-33(25-7-3-4-8-26(25)35-30)32(29(39-33)16-27(31(36)38)37(28)32)17-21-9-12-22-5-1-2-6-23(22)15-21/h1-15,27-30,35H,16-19H2/t27-,28?,29?,30+,32?,33?/m0/s1. The zero-order valence-electron chi connectivity index (χ0n) is 21.4. The lowest BCUT2D eigenvalue weighted by Gasteiger charge is -2.59. The Hall–Kier alpha value is -3.74. The Morgan fingerprint density at radius 1 is 0.923 bits per heavy atom. The number of amides is 1. The predicted molar refractivity (Wildman–Crippen MR) is 147 cm³/mol. The maximum Gasteiger partial charge on any atom is 0.240 e. The number of hydrogen-bond acceptors (Lipinski definition) is 4. The van der Waals surface area contributed by atoms with Gasteiger partial charge >= 0.3 is 0 Å². The fourth-order valence-corrected chi connectivity index (χ4v) is 8.75. The fourth-order valence-electron chi connectivity index (χ4n) is 8.75. The van der Waals surface area contributed by atoms with Crippen molar-refractivity contribution < 1.29 is 13.9 Å². The summed E-state index contributed by atoms with van der Waals surface area (Å²) in [7, 11) is 0. The van der Waals surface area contributed by atoms with Gasteiger partial charge in [-0.2, -0.15) is 0 Å². The SMILES string of the molecule is O=C1[C@@H]2CC3OC45c6ccccc6N[C@@H]4C(CN1Cc1ccc(F)cc1)N2C35Cc1ccc2ccccc2c1. The summed E-state index contributed by atoms with van der Waals surface area (Å²) in [6, 6.07) is 30.3. The third-order valence-electron chi connectivity index (χ3n) is 10.1. The lowest BCUT2D eigenvalue weighted by atomic mass is 9.64. The van der Waals surface area contributed by atoms with Gasteiger partial charge < -0.3 is 15.0 Å². The molecule has 4 aromatic rings. The summed E-state index contributed by atoms with van der Waals surface area (Å²) in [5.74, 6) is -0.0954. The Bertz CT molecular complexity index is 1670. The Kier molecular flexibility index (Phi) is 4.23. The summed E-state index contributed by atoms with van der Waals surface area (Å²) >= 11 is 0. The summed E-state index contributed by atoms with van der Waals surface area (Å²) in [5.41, 5.74) is 3.82. The molecule has 0 radical (unpaired) electrons. The first-order valence-corrected chi connectivity index (χ1v) is 13.9. The molecule has 39 heavy (non-hydrogen) atoms. The molecule has 1 amide bonds. The van der Waals surface area contributed by atoms with E-state index in [2.05, 4.69) is 76.9 Å². The molecule has 6 atom stereocenters. The van der Waals surface area contributed by atoms with Gasteiger partial charge in [-0.05, 0) is 46.5 Å². The number of carbonyl (C=O) groups is 1. The first-order chi connectivity index (χ1) is 19.1. The first kappa shape index (κ1) is 22.1. The van der Waals surface area contributed by atoms with Crippen LogP contribution in [0.25, 0.3) is 10.8 Å². The van der Waals surface area contributed by atoms with Crippen LogP contribution in [-0.2, 0) is 28.1 Å². The van der Waals surface area contributed by atoms with Gasteiger partial charge in [-0.25, -0.2) is 4.39 Å². The monoisotopic (exact) mass is 517 g/mol. The molecule has 4 saturated heterocycles. The van der Waals surface area contributed by atoms with Gasteiger partial charge in [0.05, 0.1) is 29.8 Å². The van der Waals surface area contributed by atoms with Gasteiger partial charge in [0, 0.05) is 30.8 Å². The quantitative estimate of drug-likeness (QED) is 0.421. The lowest BCUT2D eigenvalue weighted by Crippen LogP contribution is -2.74. The number of anilines is 1. The van der Waals surface area contributed by atoms with Crippen molar-refractivity contribution in [1.82, 2.24) is 9.80 Å². The van der Waals surface area contributed by atoms with E-state index in [-0.39, 0.29) is 41.5 Å². The number of piperazine rings is 1. The van der Waals surface area contributed by atoms with E-state index in [1.54, 1.807) is 12.1 Å². The molecule has 5 aliphatic heterocycles. The molecular formula is C33H28FN3O2. The molecule has 5 aliphatic rings. The Labute approximate surface area is 226 Å². The van der Waals surface area contributed by atoms with E-state index >= 15 is 0 Å². The van der Waals surface area contributed by atoms with Crippen LogP contribution in [-0.4, -0.2) is 52.0 Å². The second-order valence-electron chi connectivity index (χ2n) is 11.9. The van der Waals surface area contributed by atoms with Gasteiger partial charge in [0.1, 0.15) is 11.4 Å². The van der Waals surface area contributed by atoms with E-state index in [1.807, 2.05) is 4.90 Å². The van der Waals surface area contributed by atoms with Crippen LogP contribution in [0.5, 0.6) is 0 Å². The summed E-state index contributed by atoms with van der Waals surface area (Å²) < 4.78 is 20.6. The Morgan fingerprint density at radius 3 is 2.56 bits per heavy atom. The van der Waals surface area contributed by atoms with E-state index in [9.17, 15) is 9.18 Å². The second kappa shape index (κ2) is 7.46. The van der Waals surface area contributed by atoms with Crippen LogP contribution in [0.2, 0.25) is 0 Å². The number of nitrogens with zero attached hydrogens (tertiary/aromatic N) is 2. The smallest absolute Gasteiger partial charge is 0.240 e.